The molecule has 8 nitrogen and oxygen atoms in total. The summed E-state index contributed by atoms with van der Waals surface area (Å²) in [5.74, 6) is 2.92. The molecule has 0 aromatic carbocycles. The molecule has 0 radical (unpaired) electrons. The highest BCUT2D eigenvalue weighted by Crippen LogP contribution is 2.33. The standard InChI is InChI=1S/C17H26N8/c1-4-18-14-13-12(21-16(23-14)20-10-6-7-10)15(19-5-2)24-17(22-13)25(3)11-8-9-11/h10-11H,4-9H2,1-3H3,(H,19,22,24)(H2,18,20,21,23). The minimum absolute atomic E-state index is 0.496. The number of fused-ring (bicyclic) bond motifs is 1. The Balaban J connectivity index is 1.83. The lowest BCUT2D eigenvalue weighted by Gasteiger charge is -2.19. The lowest BCUT2D eigenvalue weighted by molar-refractivity contribution is 0.866. The zero-order chi connectivity index (χ0) is 17.4. The molecule has 2 aliphatic carbocycles. The van der Waals surface area contributed by atoms with Gasteiger partial charge in [0, 0.05) is 32.2 Å². The van der Waals surface area contributed by atoms with Gasteiger partial charge < -0.3 is 20.9 Å². The van der Waals surface area contributed by atoms with E-state index in [2.05, 4.69) is 46.7 Å². The second kappa shape index (κ2) is 6.50. The van der Waals surface area contributed by atoms with E-state index in [4.69, 9.17) is 15.0 Å². The zero-order valence-corrected chi connectivity index (χ0v) is 15.1. The van der Waals surface area contributed by atoms with Gasteiger partial charge in [-0.1, -0.05) is 0 Å². The first-order chi connectivity index (χ1) is 12.2. The van der Waals surface area contributed by atoms with Crippen LogP contribution in [-0.2, 0) is 0 Å². The van der Waals surface area contributed by atoms with Crippen molar-refractivity contribution in [3.05, 3.63) is 0 Å². The van der Waals surface area contributed by atoms with E-state index in [9.17, 15) is 0 Å². The molecule has 0 amide bonds. The van der Waals surface area contributed by atoms with Gasteiger partial charge in [0.05, 0.1) is 0 Å². The molecule has 0 saturated heterocycles. The minimum Gasteiger partial charge on any atom is -0.368 e. The van der Waals surface area contributed by atoms with E-state index in [1.54, 1.807) is 0 Å². The van der Waals surface area contributed by atoms with E-state index >= 15 is 0 Å². The van der Waals surface area contributed by atoms with Crippen molar-refractivity contribution in [2.45, 2.75) is 51.6 Å². The maximum atomic E-state index is 4.79. The monoisotopic (exact) mass is 342 g/mol. The van der Waals surface area contributed by atoms with Gasteiger partial charge in [0.2, 0.25) is 11.9 Å². The Morgan fingerprint density at radius 2 is 1.52 bits per heavy atom. The normalized spacial score (nSPS) is 16.8. The van der Waals surface area contributed by atoms with Crippen LogP contribution in [0.5, 0.6) is 0 Å². The highest BCUT2D eigenvalue weighted by molar-refractivity contribution is 5.94. The van der Waals surface area contributed by atoms with Crippen LogP contribution >= 0.6 is 0 Å². The molecule has 2 fully saturated rings. The topological polar surface area (TPSA) is 90.9 Å². The molecule has 2 saturated carbocycles. The van der Waals surface area contributed by atoms with E-state index in [-0.39, 0.29) is 0 Å². The number of aromatic nitrogens is 4. The zero-order valence-electron chi connectivity index (χ0n) is 15.1. The SMILES string of the molecule is CCNc1nc(N(C)C2CC2)nc2c(NCC)nc(NC3CC3)nc12. The molecule has 2 aliphatic rings. The predicted octanol–water partition coefficient (Wildman–Crippen LogP) is 2.46. The molecule has 0 bridgehead atoms. The summed E-state index contributed by atoms with van der Waals surface area (Å²) in [6.45, 7) is 5.69. The summed E-state index contributed by atoms with van der Waals surface area (Å²) in [7, 11) is 2.06. The van der Waals surface area contributed by atoms with Crippen LogP contribution in [0.4, 0.5) is 23.5 Å². The number of rotatable bonds is 8. The first kappa shape index (κ1) is 16.1. The number of hydrogen-bond acceptors (Lipinski definition) is 8. The summed E-state index contributed by atoms with van der Waals surface area (Å²) in [6.07, 6.45) is 4.77. The maximum Gasteiger partial charge on any atom is 0.228 e. The molecule has 0 unspecified atom stereocenters. The molecule has 2 aromatic rings. The summed E-state index contributed by atoms with van der Waals surface area (Å²) in [5.41, 5.74) is 1.54. The molecule has 2 heterocycles. The highest BCUT2D eigenvalue weighted by Gasteiger charge is 2.29. The van der Waals surface area contributed by atoms with E-state index in [1.807, 2.05) is 0 Å². The van der Waals surface area contributed by atoms with Crippen LogP contribution in [0.3, 0.4) is 0 Å². The van der Waals surface area contributed by atoms with Gasteiger partial charge in [-0.2, -0.15) is 9.97 Å². The fraction of sp³-hybridized carbons (Fsp3) is 0.647. The van der Waals surface area contributed by atoms with Gasteiger partial charge in [-0.05, 0) is 39.5 Å². The number of anilines is 4. The summed E-state index contributed by atoms with van der Waals surface area (Å²) < 4.78 is 0. The Hall–Kier alpha value is -2.38. The van der Waals surface area contributed by atoms with Crippen LogP contribution in [0.1, 0.15) is 39.5 Å². The van der Waals surface area contributed by atoms with Crippen molar-refractivity contribution in [2.24, 2.45) is 0 Å². The Bertz CT molecular complexity index is 769. The van der Waals surface area contributed by atoms with Crippen molar-refractivity contribution in [1.29, 1.82) is 0 Å². The van der Waals surface area contributed by atoms with E-state index < -0.39 is 0 Å². The van der Waals surface area contributed by atoms with Crippen molar-refractivity contribution in [2.75, 3.05) is 41.0 Å². The Morgan fingerprint density at radius 3 is 2.12 bits per heavy atom. The Kier molecular flexibility index (Phi) is 4.19. The molecule has 8 heteroatoms. The van der Waals surface area contributed by atoms with Crippen molar-refractivity contribution >= 4 is 34.6 Å². The van der Waals surface area contributed by atoms with Crippen molar-refractivity contribution in [3.8, 4) is 0 Å². The summed E-state index contributed by atoms with van der Waals surface area (Å²) in [4.78, 5) is 21.1. The van der Waals surface area contributed by atoms with Gasteiger partial charge in [-0.25, -0.2) is 9.97 Å². The average molecular weight is 342 g/mol. The van der Waals surface area contributed by atoms with Crippen LogP contribution in [0.2, 0.25) is 0 Å². The first-order valence-electron chi connectivity index (χ1n) is 9.26. The van der Waals surface area contributed by atoms with Gasteiger partial charge in [0.1, 0.15) is 11.0 Å². The second-order valence-electron chi connectivity index (χ2n) is 6.79. The minimum atomic E-state index is 0.496. The third kappa shape index (κ3) is 3.38. The van der Waals surface area contributed by atoms with Crippen LogP contribution < -0.4 is 20.9 Å². The van der Waals surface area contributed by atoms with Crippen molar-refractivity contribution in [1.82, 2.24) is 19.9 Å². The fourth-order valence-electron chi connectivity index (χ4n) is 2.84. The average Bonchev–Trinajstić information content (AvgIpc) is 3.49. The number of nitrogens with zero attached hydrogens (tertiary/aromatic N) is 5. The second-order valence-corrected chi connectivity index (χ2v) is 6.79. The Morgan fingerprint density at radius 1 is 0.880 bits per heavy atom. The molecule has 0 atom stereocenters. The molecule has 25 heavy (non-hydrogen) atoms. The maximum absolute atomic E-state index is 4.79. The van der Waals surface area contributed by atoms with Gasteiger partial charge >= 0.3 is 0 Å². The van der Waals surface area contributed by atoms with E-state index in [0.29, 0.717) is 18.0 Å². The van der Waals surface area contributed by atoms with Gasteiger partial charge in [-0.3, -0.25) is 0 Å². The quantitative estimate of drug-likeness (QED) is 0.674. The first-order valence-corrected chi connectivity index (χ1v) is 9.26. The molecule has 134 valence electrons. The summed E-state index contributed by atoms with van der Waals surface area (Å²) >= 11 is 0. The third-order valence-electron chi connectivity index (χ3n) is 4.54. The molecule has 3 N–H and O–H groups in total. The van der Waals surface area contributed by atoms with Crippen molar-refractivity contribution < 1.29 is 0 Å². The molecular weight excluding hydrogens is 316 g/mol. The molecule has 4 rings (SSSR count). The van der Waals surface area contributed by atoms with Crippen LogP contribution in [0.15, 0.2) is 0 Å². The summed E-state index contributed by atoms with van der Waals surface area (Å²) in [6, 6.07) is 1.04. The van der Waals surface area contributed by atoms with Crippen LogP contribution in [0.25, 0.3) is 11.0 Å². The van der Waals surface area contributed by atoms with Crippen molar-refractivity contribution in [3.63, 3.8) is 0 Å². The van der Waals surface area contributed by atoms with E-state index in [0.717, 1.165) is 41.7 Å². The van der Waals surface area contributed by atoms with Crippen LogP contribution in [-0.4, -0.2) is 52.2 Å². The Labute approximate surface area is 147 Å². The van der Waals surface area contributed by atoms with Gasteiger partial charge in [0.15, 0.2) is 11.6 Å². The molecule has 0 spiro atoms. The third-order valence-corrected chi connectivity index (χ3v) is 4.54. The molecule has 0 aliphatic heterocycles. The lowest BCUT2D eigenvalue weighted by atomic mass is 10.3. The number of hydrogen-bond donors (Lipinski definition) is 3. The molecular formula is C17H26N8. The lowest BCUT2D eigenvalue weighted by Crippen LogP contribution is -2.23. The largest absolute Gasteiger partial charge is 0.368 e. The van der Waals surface area contributed by atoms with Gasteiger partial charge in [-0.15, -0.1) is 0 Å². The predicted molar refractivity (Wildman–Crippen MR) is 102 cm³/mol. The molecule has 2 aromatic heterocycles. The van der Waals surface area contributed by atoms with Crippen LogP contribution in [0, 0.1) is 0 Å². The summed E-state index contributed by atoms with van der Waals surface area (Å²) in [5, 5.41) is 10.1. The highest BCUT2D eigenvalue weighted by atomic mass is 15.3. The van der Waals surface area contributed by atoms with Gasteiger partial charge in [0.25, 0.3) is 0 Å². The fourth-order valence-corrected chi connectivity index (χ4v) is 2.84. The number of nitrogens with one attached hydrogen (secondary N) is 3. The smallest absolute Gasteiger partial charge is 0.228 e. The van der Waals surface area contributed by atoms with E-state index in [1.165, 1.54) is 25.7 Å².